The van der Waals surface area contributed by atoms with E-state index in [2.05, 4.69) is 15.0 Å². The van der Waals surface area contributed by atoms with Gasteiger partial charge in [-0.05, 0) is 55.7 Å². The molecule has 0 aliphatic rings. The number of aliphatic carboxylic acids is 3. The van der Waals surface area contributed by atoms with Crippen LogP contribution < -0.4 is 50.0 Å². The van der Waals surface area contributed by atoms with Crippen LogP contribution in [0.5, 0.6) is 34.5 Å². The van der Waals surface area contributed by atoms with Gasteiger partial charge in [0.05, 0.1) is 21.3 Å². The molecule has 0 spiro atoms. The number of aliphatic imine (C=N–C) groups is 3. The van der Waals surface area contributed by atoms with Crippen LogP contribution in [0.3, 0.4) is 0 Å². The minimum absolute atomic E-state index is 0. The number of rotatable bonds is 6. The Hall–Kier alpha value is -4.20. The SMILES string of the molecule is CC(=O)[O-].CC(=O)[O-].CC(=O)[O-].CC[O-].CN=Cc1cccc(OC)c1[O-].CN=Cc1cccc(OC)c1[O-].CN=Cc1cccc(OC)c1[O-].[Mn+3].[Mn+3].[Mn+3].[Mn].[O-2].[O-2].[O-2]. The Labute approximate surface area is 381 Å². The summed E-state index contributed by atoms with van der Waals surface area (Å²) in [6.45, 7) is 4.49. The Bertz CT molecular complexity index is 1330. The third-order valence-corrected chi connectivity index (χ3v) is 4.49. The number of methoxy groups -OCH3 is 3. The molecule has 3 rings (SSSR count). The van der Waals surface area contributed by atoms with Crippen LogP contribution in [0.4, 0.5) is 0 Å². The second-order valence-electron chi connectivity index (χ2n) is 8.56. The first kappa shape index (κ1) is 81.9. The van der Waals surface area contributed by atoms with Crippen molar-refractivity contribution in [3.8, 4) is 34.5 Å². The van der Waals surface area contributed by atoms with E-state index < -0.39 is 17.9 Å². The average molecular weight is 982 g/mol. The number of nitrogens with zero attached hydrogens (tertiary/aromatic N) is 3. The van der Waals surface area contributed by atoms with Gasteiger partial charge >= 0.3 is 51.2 Å². The molecule has 0 aliphatic carbocycles. The zero-order valence-corrected chi connectivity index (χ0v) is 37.7. The van der Waals surface area contributed by atoms with Crippen molar-refractivity contribution in [2.75, 3.05) is 49.1 Å². The second-order valence-corrected chi connectivity index (χ2v) is 8.56. The molecule has 0 heterocycles. The Morgan fingerprint density at radius 3 is 0.810 bits per heavy atom. The fraction of sp³-hybridized carbons (Fsp3) is 0.314. The first-order valence-electron chi connectivity index (χ1n) is 14.4. The van der Waals surface area contributed by atoms with Gasteiger partial charge in [0, 0.05) is 74.8 Å². The van der Waals surface area contributed by atoms with E-state index in [1.165, 1.54) is 40.0 Å². The van der Waals surface area contributed by atoms with E-state index in [0.717, 1.165) is 20.8 Å². The molecule has 0 amide bonds. The number of benzene rings is 3. The van der Waals surface area contributed by atoms with Crippen molar-refractivity contribution in [1.82, 2.24) is 0 Å². The maximum Gasteiger partial charge on any atom is 3.00 e. The Balaban J connectivity index is -0.0000000515. The van der Waals surface area contributed by atoms with E-state index >= 15 is 0 Å². The molecule has 1 radical (unpaired) electrons. The van der Waals surface area contributed by atoms with E-state index in [4.69, 9.17) is 49.0 Å². The molecule has 0 aliphatic heterocycles. The molecule has 3 aromatic carbocycles. The van der Waals surface area contributed by atoms with Crippen LogP contribution >= 0.6 is 0 Å². The fourth-order valence-electron chi connectivity index (χ4n) is 2.80. The van der Waals surface area contributed by atoms with Gasteiger partial charge in [0.2, 0.25) is 0 Å². The number of carbonyl (C=O) groups excluding carboxylic acids is 3. The molecular weight excluding hydrogens is 938 g/mol. The fourth-order valence-corrected chi connectivity index (χ4v) is 2.80. The van der Waals surface area contributed by atoms with Crippen molar-refractivity contribution in [2.45, 2.75) is 27.7 Å². The summed E-state index contributed by atoms with van der Waals surface area (Å²) in [4.78, 5) is 38.0. The minimum Gasteiger partial charge on any atom is -2.00 e. The molecular formula is C35H44Mn4N3O16-4. The number of ether oxygens (including phenoxy) is 3. The van der Waals surface area contributed by atoms with Crippen molar-refractivity contribution in [1.29, 1.82) is 0 Å². The first-order chi connectivity index (χ1) is 24.0. The average Bonchev–Trinajstić information content (AvgIpc) is 3.05. The summed E-state index contributed by atoms with van der Waals surface area (Å²) >= 11 is 0. The number of para-hydroxylation sites is 3. The van der Waals surface area contributed by atoms with Crippen molar-refractivity contribution >= 4 is 36.6 Å². The van der Waals surface area contributed by atoms with E-state index in [1.54, 1.807) is 82.7 Å². The summed E-state index contributed by atoms with van der Waals surface area (Å²) in [6, 6.07) is 15.3. The van der Waals surface area contributed by atoms with Crippen LogP contribution in [-0.4, -0.2) is 85.6 Å². The van der Waals surface area contributed by atoms with Crippen LogP contribution in [0.25, 0.3) is 0 Å². The molecule has 0 unspecified atom stereocenters. The molecule has 58 heavy (non-hydrogen) atoms. The van der Waals surface area contributed by atoms with Gasteiger partial charge < -0.3 is 80.8 Å². The number of hydrogen-bond donors (Lipinski definition) is 0. The molecule has 0 aromatic heterocycles. The summed E-state index contributed by atoms with van der Waals surface area (Å²) in [7, 11) is 9.30. The van der Waals surface area contributed by atoms with E-state index in [-0.39, 0.29) is 109 Å². The first-order valence-corrected chi connectivity index (χ1v) is 14.4. The summed E-state index contributed by atoms with van der Waals surface area (Å²) in [5, 5.41) is 69.7. The van der Waals surface area contributed by atoms with Crippen LogP contribution in [0.15, 0.2) is 69.6 Å². The quantitative estimate of drug-likeness (QED) is 0.186. The molecule has 23 heteroatoms. The molecule has 0 atom stereocenters. The second kappa shape index (κ2) is 54.9. The topological polar surface area (TPSA) is 363 Å². The smallest absolute Gasteiger partial charge is 2.00 e. The summed E-state index contributed by atoms with van der Waals surface area (Å²) in [5.74, 6) is -2.55. The number of carboxylic acid groups (broad SMARTS) is 3. The van der Waals surface area contributed by atoms with Crippen LogP contribution in [0.2, 0.25) is 0 Å². The van der Waals surface area contributed by atoms with Crippen molar-refractivity contribution in [3.05, 3.63) is 71.3 Å². The summed E-state index contributed by atoms with van der Waals surface area (Å²) < 4.78 is 14.6. The molecule has 0 saturated heterocycles. The van der Waals surface area contributed by atoms with E-state index in [0.29, 0.717) is 33.9 Å². The monoisotopic (exact) mass is 982 g/mol. The molecule has 0 bridgehead atoms. The zero-order chi connectivity index (χ0) is 40.4. The largest absolute Gasteiger partial charge is 3.00 e. The van der Waals surface area contributed by atoms with Crippen molar-refractivity contribution in [3.63, 3.8) is 0 Å². The predicted molar refractivity (Wildman–Crippen MR) is 183 cm³/mol. The zero-order valence-electron chi connectivity index (χ0n) is 33.0. The van der Waals surface area contributed by atoms with Gasteiger partial charge in [-0.25, -0.2) is 0 Å². The maximum absolute atomic E-state index is 11.4. The van der Waals surface area contributed by atoms with Crippen LogP contribution in [-0.2, 0) is 99.1 Å². The third kappa shape index (κ3) is 47.9. The molecule has 3 aromatic rings. The van der Waals surface area contributed by atoms with Gasteiger partial charge in [-0.3, -0.25) is 15.0 Å². The maximum atomic E-state index is 11.4. The molecule has 0 saturated carbocycles. The Kier molecular flexibility index (Phi) is 77.5. The molecule has 0 N–H and O–H groups in total. The van der Waals surface area contributed by atoms with Crippen LogP contribution in [0.1, 0.15) is 44.4 Å². The van der Waals surface area contributed by atoms with E-state index in [9.17, 15) is 15.3 Å². The number of carbonyl (C=O) groups is 3. The molecule has 19 nitrogen and oxygen atoms in total. The summed E-state index contributed by atoms with van der Waals surface area (Å²) in [5.41, 5.74) is 1.66. The van der Waals surface area contributed by atoms with Gasteiger partial charge in [0.25, 0.3) is 0 Å². The van der Waals surface area contributed by atoms with E-state index in [1.807, 2.05) is 0 Å². The molecule has 327 valence electrons. The van der Waals surface area contributed by atoms with Gasteiger partial charge in [-0.15, -0.1) is 6.61 Å². The van der Waals surface area contributed by atoms with Crippen molar-refractivity contribution < 1.29 is 149 Å². The van der Waals surface area contributed by atoms with Gasteiger partial charge in [-0.2, -0.15) is 0 Å². The third-order valence-electron chi connectivity index (χ3n) is 4.49. The van der Waals surface area contributed by atoms with Crippen LogP contribution in [0, 0.1) is 0 Å². The standard InChI is InChI=1S/3C9H11NO2.3C2H4O2.C2H5O.4Mn.3O/c3*1-10-6-7-4-3-5-8(12-2)9(7)11;3*1-2(3)4;1-2-3;;;;;;;/h3*3-6,11H,1-2H3;3*1H3,(H,3,4);2H2,1H3;;;;;;;/q;;;;;;-1;;3*+3;3*-2/p-6. The Morgan fingerprint density at radius 2 is 0.690 bits per heavy atom. The van der Waals surface area contributed by atoms with Gasteiger partial charge in [0.15, 0.2) is 0 Å². The molecule has 0 fully saturated rings. The summed E-state index contributed by atoms with van der Waals surface area (Å²) in [6.07, 6.45) is 4.56. The Morgan fingerprint density at radius 1 is 0.534 bits per heavy atom. The van der Waals surface area contributed by atoms with Gasteiger partial charge in [-0.1, -0.05) is 60.6 Å². The number of carboxylic acids is 3. The minimum atomic E-state index is -1.08. The van der Waals surface area contributed by atoms with Gasteiger partial charge in [0.1, 0.15) is 17.2 Å². The number of hydrogen-bond acceptors (Lipinski definition) is 16. The van der Waals surface area contributed by atoms with Crippen molar-refractivity contribution in [2.24, 2.45) is 15.0 Å². The predicted octanol–water partition coefficient (Wildman–Crippen LogP) is -2.28. The normalized spacial score (nSPS) is 8.12.